The Hall–Kier alpha value is -1.59. The van der Waals surface area contributed by atoms with Crippen LogP contribution in [0.3, 0.4) is 0 Å². The van der Waals surface area contributed by atoms with Crippen LogP contribution in [0, 0.1) is 13.8 Å². The number of anilines is 1. The van der Waals surface area contributed by atoms with Gasteiger partial charge in [0.2, 0.25) is 0 Å². The highest BCUT2D eigenvalue weighted by Crippen LogP contribution is 2.20. The third-order valence-electron chi connectivity index (χ3n) is 3.55. The average Bonchev–Trinajstić information content (AvgIpc) is 2.83. The second-order valence-corrected chi connectivity index (χ2v) is 6.14. The molecule has 0 spiro atoms. The van der Waals surface area contributed by atoms with Crippen LogP contribution in [0.15, 0.2) is 24.4 Å². The molecule has 0 aliphatic rings. The largest absolute Gasteiger partial charge is 0.348 e. The Morgan fingerprint density at radius 1 is 1.41 bits per heavy atom. The zero-order valence-corrected chi connectivity index (χ0v) is 14.9. The summed E-state index contributed by atoms with van der Waals surface area (Å²) in [5.74, 6) is 0. The van der Waals surface area contributed by atoms with E-state index in [1.165, 1.54) is 5.56 Å². The van der Waals surface area contributed by atoms with Gasteiger partial charge < -0.3 is 10.2 Å². The standard InChI is InChI=1S/C16H21ClN4S/c1-5-21-10-13(12(3)19-21)9-20(4)16(22)18-14-7-6-11(2)15(17)8-14/h6-8,10H,5,9H2,1-4H3,(H,18,22). The summed E-state index contributed by atoms with van der Waals surface area (Å²) in [5.41, 5.74) is 4.16. The van der Waals surface area contributed by atoms with Crippen molar-refractivity contribution >= 4 is 34.6 Å². The third-order valence-corrected chi connectivity index (χ3v) is 4.37. The molecular weight excluding hydrogens is 316 g/mol. The van der Waals surface area contributed by atoms with E-state index in [9.17, 15) is 0 Å². The number of aromatic nitrogens is 2. The van der Waals surface area contributed by atoms with Gasteiger partial charge in [-0.15, -0.1) is 0 Å². The molecule has 0 amide bonds. The number of aryl methyl sites for hydroxylation is 3. The quantitative estimate of drug-likeness (QED) is 0.855. The number of nitrogens with zero attached hydrogens (tertiary/aromatic N) is 3. The van der Waals surface area contributed by atoms with Crippen LogP contribution in [0.4, 0.5) is 5.69 Å². The van der Waals surface area contributed by atoms with E-state index in [0.29, 0.717) is 5.11 Å². The number of hydrogen-bond acceptors (Lipinski definition) is 2. The normalized spacial score (nSPS) is 10.6. The molecule has 0 saturated heterocycles. The first-order valence-corrected chi connectivity index (χ1v) is 8.00. The van der Waals surface area contributed by atoms with Gasteiger partial charge in [-0.3, -0.25) is 4.68 Å². The van der Waals surface area contributed by atoms with Gasteiger partial charge in [0.15, 0.2) is 5.11 Å². The Bertz CT molecular complexity index is 681. The monoisotopic (exact) mass is 336 g/mol. The highest BCUT2D eigenvalue weighted by molar-refractivity contribution is 7.80. The minimum Gasteiger partial charge on any atom is -0.348 e. The maximum atomic E-state index is 6.14. The van der Waals surface area contributed by atoms with Crippen LogP contribution in [0.5, 0.6) is 0 Å². The summed E-state index contributed by atoms with van der Waals surface area (Å²) in [6.45, 7) is 7.66. The Labute approximate surface area is 142 Å². The van der Waals surface area contributed by atoms with Crippen molar-refractivity contribution in [1.29, 1.82) is 0 Å². The second-order valence-electron chi connectivity index (χ2n) is 5.35. The van der Waals surface area contributed by atoms with Crippen molar-refractivity contribution in [2.75, 3.05) is 12.4 Å². The maximum Gasteiger partial charge on any atom is 0.173 e. The van der Waals surface area contributed by atoms with Crippen LogP contribution < -0.4 is 5.32 Å². The lowest BCUT2D eigenvalue weighted by Gasteiger charge is -2.21. The van der Waals surface area contributed by atoms with E-state index in [1.807, 2.05) is 48.7 Å². The molecule has 0 aliphatic carbocycles. The molecule has 0 aliphatic heterocycles. The molecule has 1 aromatic carbocycles. The average molecular weight is 337 g/mol. The van der Waals surface area contributed by atoms with Crippen molar-refractivity contribution in [3.05, 3.63) is 46.2 Å². The lowest BCUT2D eigenvalue weighted by Crippen LogP contribution is -2.30. The predicted octanol–water partition coefficient (Wildman–Crippen LogP) is 4.00. The molecule has 1 N–H and O–H groups in total. The SMILES string of the molecule is CCn1cc(CN(C)C(=S)Nc2ccc(C)c(Cl)c2)c(C)n1. The molecule has 4 nitrogen and oxygen atoms in total. The molecule has 0 bridgehead atoms. The van der Waals surface area contributed by atoms with E-state index in [1.54, 1.807) is 0 Å². The highest BCUT2D eigenvalue weighted by atomic mass is 35.5. The second kappa shape index (κ2) is 7.11. The lowest BCUT2D eigenvalue weighted by atomic mass is 10.2. The van der Waals surface area contributed by atoms with Crippen LogP contribution in [0.1, 0.15) is 23.7 Å². The molecule has 22 heavy (non-hydrogen) atoms. The third kappa shape index (κ3) is 3.99. The lowest BCUT2D eigenvalue weighted by molar-refractivity contribution is 0.506. The van der Waals surface area contributed by atoms with E-state index in [4.69, 9.17) is 23.8 Å². The molecule has 0 unspecified atom stereocenters. The summed E-state index contributed by atoms with van der Waals surface area (Å²) in [4.78, 5) is 1.99. The Kier molecular flexibility index (Phi) is 5.42. The predicted molar refractivity (Wildman–Crippen MR) is 96.5 cm³/mol. The van der Waals surface area contributed by atoms with Crippen LogP contribution >= 0.6 is 23.8 Å². The molecule has 0 radical (unpaired) electrons. The number of rotatable bonds is 4. The molecule has 1 aromatic heterocycles. The molecule has 2 aromatic rings. The summed E-state index contributed by atoms with van der Waals surface area (Å²) >= 11 is 11.6. The van der Waals surface area contributed by atoms with Crippen molar-refractivity contribution < 1.29 is 0 Å². The minimum atomic E-state index is 0.656. The van der Waals surface area contributed by atoms with Crippen molar-refractivity contribution in [3.8, 4) is 0 Å². The summed E-state index contributed by atoms with van der Waals surface area (Å²) in [6.07, 6.45) is 2.07. The van der Waals surface area contributed by atoms with Gasteiger partial charge in [-0.1, -0.05) is 17.7 Å². The number of halogens is 1. The molecule has 0 atom stereocenters. The van der Waals surface area contributed by atoms with Crippen LogP contribution in [-0.4, -0.2) is 26.8 Å². The molecule has 118 valence electrons. The van der Waals surface area contributed by atoms with Gasteiger partial charge in [0, 0.05) is 42.6 Å². The van der Waals surface area contributed by atoms with E-state index < -0.39 is 0 Å². The van der Waals surface area contributed by atoms with Crippen molar-refractivity contribution in [1.82, 2.24) is 14.7 Å². The molecule has 1 heterocycles. The highest BCUT2D eigenvalue weighted by Gasteiger charge is 2.10. The number of thiocarbonyl (C=S) groups is 1. The van der Waals surface area contributed by atoms with Gasteiger partial charge in [-0.05, 0) is 50.7 Å². The Balaban J connectivity index is 2.02. The number of hydrogen-bond donors (Lipinski definition) is 1. The fourth-order valence-corrected chi connectivity index (χ4v) is 2.46. The van der Waals surface area contributed by atoms with E-state index >= 15 is 0 Å². The fourth-order valence-electron chi connectivity index (χ4n) is 2.09. The van der Waals surface area contributed by atoms with Crippen LogP contribution in [0.25, 0.3) is 0 Å². The van der Waals surface area contributed by atoms with Crippen molar-refractivity contribution in [2.24, 2.45) is 0 Å². The minimum absolute atomic E-state index is 0.656. The molecule has 0 saturated carbocycles. The van der Waals surface area contributed by atoms with Gasteiger partial charge >= 0.3 is 0 Å². The fraction of sp³-hybridized carbons (Fsp3) is 0.375. The van der Waals surface area contributed by atoms with Crippen LogP contribution in [0.2, 0.25) is 5.02 Å². The van der Waals surface area contributed by atoms with E-state index in [2.05, 4.69) is 23.5 Å². The topological polar surface area (TPSA) is 33.1 Å². The van der Waals surface area contributed by atoms with E-state index in [-0.39, 0.29) is 0 Å². The first-order valence-electron chi connectivity index (χ1n) is 7.22. The van der Waals surface area contributed by atoms with Crippen LogP contribution in [-0.2, 0) is 13.1 Å². The summed E-state index contributed by atoms with van der Waals surface area (Å²) in [6, 6.07) is 5.84. The smallest absolute Gasteiger partial charge is 0.173 e. The number of benzene rings is 1. The summed E-state index contributed by atoms with van der Waals surface area (Å²) in [5, 5.41) is 9.06. The molecular formula is C16H21ClN4S. The number of nitrogens with one attached hydrogen (secondary N) is 1. The zero-order valence-electron chi connectivity index (χ0n) is 13.4. The Morgan fingerprint density at radius 2 is 2.14 bits per heavy atom. The first kappa shape index (κ1) is 16.8. The van der Waals surface area contributed by atoms with Gasteiger partial charge in [-0.2, -0.15) is 5.10 Å². The van der Waals surface area contributed by atoms with E-state index in [0.717, 1.165) is 35.1 Å². The summed E-state index contributed by atoms with van der Waals surface area (Å²) < 4.78 is 1.94. The first-order chi connectivity index (χ1) is 10.4. The molecule has 6 heteroatoms. The molecule has 2 rings (SSSR count). The zero-order chi connectivity index (χ0) is 16.3. The summed E-state index contributed by atoms with van der Waals surface area (Å²) in [7, 11) is 1.97. The van der Waals surface area contributed by atoms with Gasteiger partial charge in [-0.25, -0.2) is 0 Å². The van der Waals surface area contributed by atoms with Crippen molar-refractivity contribution in [3.63, 3.8) is 0 Å². The maximum absolute atomic E-state index is 6.14. The van der Waals surface area contributed by atoms with Gasteiger partial charge in [0.25, 0.3) is 0 Å². The van der Waals surface area contributed by atoms with Gasteiger partial charge in [0.05, 0.1) is 5.69 Å². The molecule has 0 fully saturated rings. The van der Waals surface area contributed by atoms with Crippen molar-refractivity contribution in [2.45, 2.75) is 33.9 Å². The Morgan fingerprint density at radius 3 is 2.73 bits per heavy atom. The van der Waals surface area contributed by atoms with Gasteiger partial charge in [0.1, 0.15) is 0 Å².